The van der Waals surface area contributed by atoms with Crippen LogP contribution in [0.2, 0.25) is 0 Å². The highest BCUT2D eigenvalue weighted by atomic mass is 14.7. The smallest absolute Gasteiger partial charge is 0.169 e. The number of nitrogens with one attached hydrogen (secondary N) is 1. The average Bonchev–Trinajstić information content (AvgIpc) is 2.55. The number of hydrogen-bond acceptors (Lipinski definition) is 1. The fourth-order valence-corrected chi connectivity index (χ4v) is 2.41. The Kier molecular flexibility index (Phi) is 3.88. The fraction of sp³-hybridized carbons (Fsp3) is 0.0526. The summed E-state index contributed by atoms with van der Waals surface area (Å²) in [6, 6.07) is 18.4. The normalized spacial score (nSPS) is 11.0. The summed E-state index contributed by atoms with van der Waals surface area (Å²) in [6.45, 7) is 4.62. The number of aromatic nitrogens is 1. The van der Waals surface area contributed by atoms with Gasteiger partial charge in [-0.1, -0.05) is 49.1 Å². The number of pyridine rings is 1. The van der Waals surface area contributed by atoms with Crippen LogP contribution in [0.5, 0.6) is 0 Å². The molecule has 2 heteroatoms. The molecular formula is C19H17N2+. The average molecular weight is 273 g/mol. The van der Waals surface area contributed by atoms with E-state index in [0.29, 0.717) is 0 Å². The molecule has 0 bridgehead atoms. The summed E-state index contributed by atoms with van der Waals surface area (Å²) in [7, 11) is 0. The van der Waals surface area contributed by atoms with Crippen molar-refractivity contribution in [2.45, 2.75) is 6.54 Å². The maximum Gasteiger partial charge on any atom is 0.169 e. The molecule has 1 heterocycles. The van der Waals surface area contributed by atoms with Gasteiger partial charge in [0.05, 0.1) is 5.52 Å². The molecule has 0 amide bonds. The van der Waals surface area contributed by atoms with Crippen LogP contribution in [-0.4, -0.2) is 11.2 Å². The third-order valence-electron chi connectivity index (χ3n) is 3.51. The van der Waals surface area contributed by atoms with Crippen molar-refractivity contribution >= 4 is 23.2 Å². The molecule has 0 aliphatic carbocycles. The zero-order valence-corrected chi connectivity index (χ0v) is 11.8. The predicted octanol–water partition coefficient (Wildman–Crippen LogP) is 2.58. The van der Waals surface area contributed by atoms with E-state index < -0.39 is 0 Å². The zero-order chi connectivity index (χ0) is 14.5. The van der Waals surface area contributed by atoms with Crippen molar-refractivity contribution in [1.82, 2.24) is 4.98 Å². The molecule has 0 aliphatic rings. The van der Waals surface area contributed by atoms with Crippen molar-refractivity contribution in [1.29, 1.82) is 0 Å². The first-order valence-corrected chi connectivity index (χ1v) is 6.99. The highest BCUT2D eigenvalue weighted by Crippen LogP contribution is 2.14. The molecule has 0 saturated carbocycles. The molecule has 0 atom stereocenters. The summed E-state index contributed by atoms with van der Waals surface area (Å²) in [4.78, 5) is 7.77. The van der Waals surface area contributed by atoms with Gasteiger partial charge in [0.25, 0.3) is 0 Å². The molecule has 1 aromatic heterocycles. The van der Waals surface area contributed by atoms with Gasteiger partial charge in [-0.2, -0.15) is 0 Å². The van der Waals surface area contributed by atoms with Gasteiger partial charge in [0.15, 0.2) is 12.8 Å². The largest absolute Gasteiger partial charge is 0.256 e. The van der Waals surface area contributed by atoms with Gasteiger partial charge in [-0.25, -0.2) is 4.99 Å². The molecule has 0 aliphatic heterocycles. The Morgan fingerprint density at radius 3 is 2.57 bits per heavy atom. The first-order valence-electron chi connectivity index (χ1n) is 6.99. The molecular weight excluding hydrogens is 256 g/mol. The summed E-state index contributed by atoms with van der Waals surface area (Å²) in [5, 5.41) is 1.19. The maximum absolute atomic E-state index is 4.38. The van der Waals surface area contributed by atoms with Crippen molar-refractivity contribution in [3.8, 4) is 0 Å². The number of rotatable bonds is 4. The van der Waals surface area contributed by atoms with Gasteiger partial charge in [0.1, 0.15) is 0 Å². The molecule has 1 N–H and O–H groups in total. The summed E-state index contributed by atoms with van der Waals surface area (Å²) in [5.41, 5.74) is 4.55. The number of nitrogens with zero attached hydrogens (tertiary/aromatic N) is 1. The van der Waals surface area contributed by atoms with Crippen molar-refractivity contribution < 1.29 is 4.99 Å². The zero-order valence-electron chi connectivity index (χ0n) is 11.8. The Labute approximate surface area is 124 Å². The van der Waals surface area contributed by atoms with Crippen LogP contribution >= 0.6 is 0 Å². The molecule has 0 saturated heterocycles. The van der Waals surface area contributed by atoms with Crippen molar-refractivity contribution in [2.24, 2.45) is 0 Å². The third-order valence-corrected chi connectivity index (χ3v) is 3.51. The minimum absolute atomic E-state index is 0.772. The lowest BCUT2D eigenvalue weighted by molar-refractivity contribution is -0.469. The SMILES string of the molecule is C=Cc1ccccc1C=[NH+]Cc1ccnc2ccccc12. The van der Waals surface area contributed by atoms with Gasteiger partial charge in [-0.3, -0.25) is 4.98 Å². The fourth-order valence-electron chi connectivity index (χ4n) is 2.41. The monoisotopic (exact) mass is 273 g/mol. The molecule has 102 valence electrons. The van der Waals surface area contributed by atoms with E-state index in [-0.39, 0.29) is 0 Å². The van der Waals surface area contributed by atoms with Crippen LogP contribution in [0.25, 0.3) is 17.0 Å². The minimum atomic E-state index is 0.772. The Morgan fingerprint density at radius 2 is 1.71 bits per heavy atom. The van der Waals surface area contributed by atoms with E-state index >= 15 is 0 Å². The van der Waals surface area contributed by atoms with Crippen LogP contribution in [0.4, 0.5) is 0 Å². The molecule has 0 fully saturated rings. The first kappa shape index (κ1) is 13.3. The van der Waals surface area contributed by atoms with Gasteiger partial charge in [-0.05, 0) is 23.8 Å². The van der Waals surface area contributed by atoms with E-state index in [1.165, 1.54) is 10.9 Å². The highest BCUT2D eigenvalue weighted by Gasteiger charge is 2.03. The first-order chi connectivity index (χ1) is 10.4. The molecule has 2 nitrogen and oxygen atoms in total. The lowest BCUT2D eigenvalue weighted by Gasteiger charge is -2.00. The lowest BCUT2D eigenvalue weighted by Crippen LogP contribution is -2.67. The Morgan fingerprint density at radius 1 is 0.952 bits per heavy atom. The Balaban J connectivity index is 1.86. The van der Waals surface area contributed by atoms with Crippen molar-refractivity contribution in [3.63, 3.8) is 0 Å². The molecule has 2 aromatic carbocycles. The van der Waals surface area contributed by atoms with E-state index in [4.69, 9.17) is 0 Å². The maximum atomic E-state index is 4.38. The molecule has 0 radical (unpaired) electrons. The molecule has 3 rings (SSSR count). The summed E-state index contributed by atoms with van der Waals surface area (Å²) < 4.78 is 0. The van der Waals surface area contributed by atoms with Crippen LogP contribution in [0.15, 0.2) is 67.4 Å². The second-order valence-corrected chi connectivity index (χ2v) is 4.85. The lowest BCUT2D eigenvalue weighted by atomic mass is 10.1. The second-order valence-electron chi connectivity index (χ2n) is 4.85. The van der Waals surface area contributed by atoms with Crippen LogP contribution < -0.4 is 4.99 Å². The number of hydrogen-bond donors (Lipinski definition) is 1. The van der Waals surface area contributed by atoms with Gasteiger partial charge in [0, 0.05) is 22.7 Å². The van der Waals surface area contributed by atoms with Crippen molar-refractivity contribution in [3.05, 3.63) is 84.1 Å². The molecule has 0 unspecified atom stereocenters. The van der Waals surface area contributed by atoms with Crippen LogP contribution in [0, 0.1) is 0 Å². The van der Waals surface area contributed by atoms with E-state index in [1.54, 1.807) is 0 Å². The summed E-state index contributed by atoms with van der Waals surface area (Å²) in [6.07, 6.45) is 5.76. The quantitative estimate of drug-likeness (QED) is 0.727. The Bertz CT molecular complexity index is 798. The topological polar surface area (TPSA) is 26.9 Å². The number of benzene rings is 2. The van der Waals surface area contributed by atoms with Crippen molar-refractivity contribution in [2.75, 3.05) is 0 Å². The van der Waals surface area contributed by atoms with Gasteiger partial charge >= 0.3 is 0 Å². The van der Waals surface area contributed by atoms with Crippen LogP contribution in [0.1, 0.15) is 16.7 Å². The van der Waals surface area contributed by atoms with Crippen LogP contribution in [0.3, 0.4) is 0 Å². The van der Waals surface area contributed by atoms with Gasteiger partial charge in [0.2, 0.25) is 0 Å². The highest BCUT2D eigenvalue weighted by molar-refractivity contribution is 5.83. The summed E-state index contributed by atoms with van der Waals surface area (Å²) >= 11 is 0. The van der Waals surface area contributed by atoms with E-state index in [1.807, 2.05) is 48.8 Å². The summed E-state index contributed by atoms with van der Waals surface area (Å²) in [5.74, 6) is 0. The van der Waals surface area contributed by atoms with Crippen LogP contribution in [-0.2, 0) is 6.54 Å². The number of para-hydroxylation sites is 1. The predicted molar refractivity (Wildman–Crippen MR) is 88.1 cm³/mol. The van der Waals surface area contributed by atoms with E-state index in [0.717, 1.165) is 23.2 Å². The second kappa shape index (κ2) is 6.14. The van der Waals surface area contributed by atoms with E-state index in [2.05, 4.69) is 40.8 Å². The number of fused-ring (bicyclic) bond motifs is 1. The third kappa shape index (κ3) is 2.90. The minimum Gasteiger partial charge on any atom is -0.256 e. The molecule has 0 spiro atoms. The standard InChI is InChI=1S/C19H16N2/c1-2-15-7-3-4-8-16(15)13-20-14-17-11-12-21-19-10-6-5-9-18(17)19/h2-13H,1,14H2/p+1. The molecule has 21 heavy (non-hydrogen) atoms. The molecule has 3 aromatic rings. The van der Waals surface area contributed by atoms with Gasteiger partial charge in [-0.15, -0.1) is 0 Å². The van der Waals surface area contributed by atoms with Gasteiger partial charge < -0.3 is 0 Å². The van der Waals surface area contributed by atoms with E-state index in [9.17, 15) is 0 Å². The Hall–Kier alpha value is -2.74.